The average molecular weight is 339 g/mol. The number of aliphatic carboxylic acids is 1. The summed E-state index contributed by atoms with van der Waals surface area (Å²) in [5.74, 6) is -0.621. The number of hydrogen-bond acceptors (Lipinski definition) is 4. The van der Waals surface area contributed by atoms with E-state index in [-0.39, 0.29) is 12.5 Å². The minimum atomic E-state index is -0.828. The van der Waals surface area contributed by atoms with Crippen LogP contribution in [0, 0.1) is 5.92 Å². The number of benzene rings is 1. The van der Waals surface area contributed by atoms with Gasteiger partial charge in [0.2, 0.25) is 5.91 Å². The van der Waals surface area contributed by atoms with Gasteiger partial charge in [-0.1, -0.05) is 11.6 Å². The highest BCUT2D eigenvalue weighted by atomic mass is 35.5. The molecular weight excluding hydrogens is 320 g/mol. The first-order valence-electron chi connectivity index (χ1n) is 7.72. The van der Waals surface area contributed by atoms with Gasteiger partial charge in [0.25, 0.3) is 0 Å². The van der Waals surface area contributed by atoms with E-state index in [1.165, 1.54) is 0 Å². The van der Waals surface area contributed by atoms with E-state index in [4.69, 9.17) is 21.4 Å². The average Bonchev–Trinajstić information content (AvgIpc) is 2.55. The standard InChI is InChI=1S/C16H19ClN2O4/c17-12-3-4-14-13(8-12)18(6-7-23-14)10-15(20)19-5-1-2-11(9-19)16(21)22/h3-4,8,11H,1-2,5-7,9-10H2,(H,21,22). The second-order valence-corrected chi connectivity index (χ2v) is 6.34. The maximum absolute atomic E-state index is 12.5. The van der Waals surface area contributed by atoms with Crippen LogP contribution in [-0.4, -0.2) is 54.7 Å². The summed E-state index contributed by atoms with van der Waals surface area (Å²) in [7, 11) is 0. The molecule has 1 saturated heterocycles. The van der Waals surface area contributed by atoms with E-state index in [9.17, 15) is 9.59 Å². The largest absolute Gasteiger partial charge is 0.490 e. The third-order valence-corrected chi connectivity index (χ3v) is 4.56. The number of likely N-dealkylation sites (tertiary alicyclic amines) is 1. The smallest absolute Gasteiger partial charge is 0.308 e. The topological polar surface area (TPSA) is 70.1 Å². The van der Waals surface area contributed by atoms with E-state index in [1.54, 1.807) is 23.1 Å². The van der Waals surface area contributed by atoms with Crippen LogP contribution in [0.15, 0.2) is 18.2 Å². The van der Waals surface area contributed by atoms with Gasteiger partial charge in [-0.2, -0.15) is 0 Å². The number of nitrogens with zero attached hydrogens (tertiary/aromatic N) is 2. The number of carboxylic acids is 1. The summed E-state index contributed by atoms with van der Waals surface area (Å²) in [6.45, 7) is 2.24. The van der Waals surface area contributed by atoms with Crippen LogP contribution in [0.5, 0.6) is 5.75 Å². The lowest BCUT2D eigenvalue weighted by molar-refractivity contribution is -0.145. The van der Waals surface area contributed by atoms with Crippen molar-refractivity contribution in [3.05, 3.63) is 23.2 Å². The monoisotopic (exact) mass is 338 g/mol. The number of amides is 1. The summed E-state index contributed by atoms with van der Waals surface area (Å²) in [4.78, 5) is 27.3. The first kappa shape index (κ1) is 15.9. The van der Waals surface area contributed by atoms with Gasteiger partial charge < -0.3 is 19.6 Å². The Hall–Kier alpha value is -1.95. The SMILES string of the molecule is O=C(O)C1CCCN(C(=O)CN2CCOc3ccc(Cl)cc32)C1. The Balaban J connectivity index is 1.69. The molecule has 1 atom stereocenters. The second kappa shape index (κ2) is 6.66. The first-order valence-corrected chi connectivity index (χ1v) is 8.10. The lowest BCUT2D eigenvalue weighted by Crippen LogP contribution is -2.48. The zero-order chi connectivity index (χ0) is 16.4. The van der Waals surface area contributed by atoms with Gasteiger partial charge in [-0.05, 0) is 31.0 Å². The maximum Gasteiger partial charge on any atom is 0.308 e. The minimum Gasteiger partial charge on any atom is -0.490 e. The molecule has 1 aromatic rings. The Morgan fingerprint density at radius 3 is 2.96 bits per heavy atom. The lowest BCUT2D eigenvalue weighted by Gasteiger charge is -2.35. The van der Waals surface area contributed by atoms with E-state index in [0.717, 1.165) is 17.9 Å². The molecule has 1 aromatic carbocycles. The molecule has 2 aliphatic heterocycles. The summed E-state index contributed by atoms with van der Waals surface area (Å²) < 4.78 is 5.58. The normalized spacial score (nSPS) is 20.7. The van der Waals surface area contributed by atoms with E-state index < -0.39 is 11.9 Å². The van der Waals surface area contributed by atoms with Gasteiger partial charge in [0.05, 0.1) is 24.7 Å². The van der Waals surface area contributed by atoms with Crippen molar-refractivity contribution in [1.29, 1.82) is 0 Å². The van der Waals surface area contributed by atoms with Crippen molar-refractivity contribution in [3.63, 3.8) is 0 Å². The van der Waals surface area contributed by atoms with Crippen LogP contribution in [0.2, 0.25) is 5.02 Å². The van der Waals surface area contributed by atoms with Crippen LogP contribution in [0.3, 0.4) is 0 Å². The summed E-state index contributed by atoms with van der Waals surface area (Å²) in [6, 6.07) is 5.35. The lowest BCUT2D eigenvalue weighted by atomic mass is 9.98. The fourth-order valence-corrected chi connectivity index (χ4v) is 3.25. The second-order valence-electron chi connectivity index (χ2n) is 5.90. The fourth-order valence-electron chi connectivity index (χ4n) is 3.08. The number of piperidine rings is 1. The van der Waals surface area contributed by atoms with Crippen LogP contribution >= 0.6 is 11.6 Å². The molecule has 0 aromatic heterocycles. The molecule has 124 valence electrons. The van der Waals surface area contributed by atoms with Crippen molar-refractivity contribution in [2.24, 2.45) is 5.92 Å². The molecule has 0 saturated carbocycles. The van der Waals surface area contributed by atoms with E-state index in [0.29, 0.717) is 37.7 Å². The van der Waals surface area contributed by atoms with Crippen molar-refractivity contribution in [2.45, 2.75) is 12.8 Å². The highest BCUT2D eigenvalue weighted by Gasteiger charge is 2.29. The molecule has 0 radical (unpaired) electrons. The van der Waals surface area contributed by atoms with E-state index in [1.807, 2.05) is 4.90 Å². The van der Waals surface area contributed by atoms with Gasteiger partial charge >= 0.3 is 5.97 Å². The molecule has 2 heterocycles. The Bertz CT molecular complexity index is 622. The van der Waals surface area contributed by atoms with Crippen LogP contribution in [-0.2, 0) is 9.59 Å². The van der Waals surface area contributed by atoms with E-state index in [2.05, 4.69) is 0 Å². The molecule has 0 spiro atoms. The molecule has 0 bridgehead atoms. The number of anilines is 1. The summed E-state index contributed by atoms with van der Waals surface area (Å²) in [5.41, 5.74) is 0.809. The summed E-state index contributed by atoms with van der Waals surface area (Å²) >= 11 is 6.04. The third kappa shape index (κ3) is 3.52. The molecule has 3 rings (SSSR count). The summed E-state index contributed by atoms with van der Waals surface area (Å²) in [6.07, 6.45) is 1.36. The van der Waals surface area contributed by atoms with E-state index >= 15 is 0 Å². The number of carbonyl (C=O) groups excluding carboxylic acids is 1. The molecule has 7 heteroatoms. The van der Waals surface area contributed by atoms with Gasteiger partial charge in [-0.25, -0.2) is 0 Å². The number of carboxylic acid groups (broad SMARTS) is 1. The number of carbonyl (C=O) groups is 2. The van der Waals surface area contributed by atoms with Crippen molar-refractivity contribution in [1.82, 2.24) is 4.90 Å². The predicted molar refractivity (Wildman–Crippen MR) is 86.1 cm³/mol. The molecule has 6 nitrogen and oxygen atoms in total. The van der Waals surface area contributed by atoms with Crippen LogP contribution < -0.4 is 9.64 Å². The Kier molecular flexibility index (Phi) is 4.61. The third-order valence-electron chi connectivity index (χ3n) is 4.33. The highest BCUT2D eigenvalue weighted by molar-refractivity contribution is 6.31. The molecule has 23 heavy (non-hydrogen) atoms. The zero-order valence-electron chi connectivity index (χ0n) is 12.7. The van der Waals surface area contributed by atoms with Crippen molar-refractivity contribution >= 4 is 29.2 Å². The van der Waals surface area contributed by atoms with Crippen molar-refractivity contribution in [2.75, 3.05) is 37.7 Å². The maximum atomic E-state index is 12.5. The fraction of sp³-hybridized carbons (Fsp3) is 0.500. The van der Waals surface area contributed by atoms with Crippen molar-refractivity contribution in [3.8, 4) is 5.75 Å². The predicted octanol–water partition coefficient (Wildman–Crippen LogP) is 1.86. The summed E-state index contributed by atoms with van der Waals surface area (Å²) in [5, 5.41) is 9.73. The molecular formula is C16H19ClN2O4. The van der Waals surface area contributed by atoms with Gasteiger partial charge in [-0.3, -0.25) is 9.59 Å². The number of fused-ring (bicyclic) bond motifs is 1. The molecule has 1 fully saturated rings. The van der Waals surface area contributed by atoms with Gasteiger partial charge in [0.15, 0.2) is 0 Å². The first-order chi connectivity index (χ1) is 11.0. The van der Waals surface area contributed by atoms with Crippen molar-refractivity contribution < 1.29 is 19.4 Å². The minimum absolute atomic E-state index is 0.0521. The van der Waals surface area contributed by atoms with Crippen LogP contribution in [0.1, 0.15) is 12.8 Å². The molecule has 1 amide bonds. The van der Waals surface area contributed by atoms with Gasteiger partial charge in [0, 0.05) is 18.1 Å². The number of hydrogen-bond donors (Lipinski definition) is 1. The molecule has 0 aliphatic carbocycles. The molecule has 2 aliphatic rings. The van der Waals surface area contributed by atoms with Gasteiger partial charge in [0.1, 0.15) is 12.4 Å². The Morgan fingerprint density at radius 1 is 1.35 bits per heavy atom. The number of halogens is 1. The molecule has 1 N–H and O–H groups in total. The number of ether oxygens (including phenoxy) is 1. The number of rotatable bonds is 3. The quantitative estimate of drug-likeness (QED) is 0.911. The van der Waals surface area contributed by atoms with Gasteiger partial charge in [-0.15, -0.1) is 0 Å². The van der Waals surface area contributed by atoms with Crippen LogP contribution in [0.25, 0.3) is 0 Å². The Labute approximate surface area is 139 Å². The highest BCUT2D eigenvalue weighted by Crippen LogP contribution is 2.34. The Morgan fingerprint density at radius 2 is 2.17 bits per heavy atom. The van der Waals surface area contributed by atoms with Crippen LogP contribution in [0.4, 0.5) is 5.69 Å². The zero-order valence-corrected chi connectivity index (χ0v) is 13.5. The molecule has 1 unspecified atom stereocenters.